The Balaban J connectivity index is 2.69. The highest BCUT2D eigenvalue weighted by molar-refractivity contribution is 9.10. The summed E-state index contributed by atoms with van der Waals surface area (Å²) in [7, 11) is 1.38. The lowest BCUT2D eigenvalue weighted by Gasteiger charge is -2.12. The first-order valence-corrected chi connectivity index (χ1v) is 5.99. The summed E-state index contributed by atoms with van der Waals surface area (Å²) >= 11 is 4.44. The summed E-state index contributed by atoms with van der Waals surface area (Å²) in [6, 6.07) is 0.692. The van der Waals surface area contributed by atoms with E-state index in [4.69, 9.17) is 9.84 Å². The molecule has 1 atom stereocenters. The maximum atomic E-state index is 11.7. The van der Waals surface area contributed by atoms with Gasteiger partial charge in [-0.3, -0.25) is 4.79 Å². The fourth-order valence-electron chi connectivity index (χ4n) is 1.02. The Kier molecular flexibility index (Phi) is 4.91. The monoisotopic (exact) mass is 307 g/mol. The third-order valence-corrected chi connectivity index (χ3v) is 3.60. The molecule has 0 aliphatic rings. The summed E-state index contributed by atoms with van der Waals surface area (Å²) in [5, 5.41) is 12.9. The average Bonchev–Trinajstić information content (AvgIpc) is 2.63. The van der Waals surface area contributed by atoms with Gasteiger partial charge < -0.3 is 15.2 Å². The number of aliphatic carboxylic acids is 1. The van der Waals surface area contributed by atoms with Crippen molar-refractivity contribution in [2.24, 2.45) is 0 Å². The molecule has 1 rings (SSSR count). The number of carbonyl (C=O) groups is 2. The second-order valence-electron chi connectivity index (χ2n) is 2.92. The van der Waals surface area contributed by atoms with Gasteiger partial charge in [0.15, 0.2) is 6.04 Å². The summed E-state index contributed by atoms with van der Waals surface area (Å²) in [6.07, 6.45) is 0. The average molecular weight is 308 g/mol. The lowest BCUT2D eigenvalue weighted by molar-refractivity contribution is -0.140. The van der Waals surface area contributed by atoms with Gasteiger partial charge in [0.1, 0.15) is 4.88 Å². The van der Waals surface area contributed by atoms with Crippen LogP contribution >= 0.6 is 27.3 Å². The van der Waals surface area contributed by atoms with Crippen molar-refractivity contribution >= 4 is 39.1 Å². The Hall–Kier alpha value is -0.920. The van der Waals surface area contributed by atoms with Gasteiger partial charge in [-0.15, -0.1) is 11.3 Å². The van der Waals surface area contributed by atoms with Crippen LogP contribution in [0.15, 0.2) is 15.9 Å². The van der Waals surface area contributed by atoms with Crippen LogP contribution in [0, 0.1) is 0 Å². The SMILES string of the molecule is COCC(NC(=O)c1sccc1Br)C(=O)O. The van der Waals surface area contributed by atoms with Crippen LogP contribution in [0.4, 0.5) is 0 Å². The highest BCUT2D eigenvalue weighted by Crippen LogP contribution is 2.22. The summed E-state index contributed by atoms with van der Waals surface area (Å²) in [4.78, 5) is 22.9. The van der Waals surface area contributed by atoms with Crippen molar-refractivity contribution in [2.45, 2.75) is 6.04 Å². The largest absolute Gasteiger partial charge is 0.480 e. The number of amides is 1. The van der Waals surface area contributed by atoms with Crippen molar-refractivity contribution in [1.29, 1.82) is 0 Å². The second-order valence-corrected chi connectivity index (χ2v) is 4.69. The van der Waals surface area contributed by atoms with E-state index in [9.17, 15) is 9.59 Å². The van der Waals surface area contributed by atoms with E-state index in [1.165, 1.54) is 18.4 Å². The maximum Gasteiger partial charge on any atom is 0.328 e. The molecule has 16 heavy (non-hydrogen) atoms. The zero-order valence-electron chi connectivity index (χ0n) is 8.40. The molecule has 1 heterocycles. The number of ether oxygens (including phenoxy) is 1. The molecule has 0 aliphatic carbocycles. The van der Waals surface area contributed by atoms with Gasteiger partial charge in [-0.05, 0) is 27.4 Å². The maximum absolute atomic E-state index is 11.7. The molecule has 5 nitrogen and oxygen atoms in total. The van der Waals surface area contributed by atoms with Crippen molar-refractivity contribution in [2.75, 3.05) is 13.7 Å². The van der Waals surface area contributed by atoms with Crippen LogP contribution in [0.5, 0.6) is 0 Å². The predicted octanol–water partition coefficient (Wildman–Crippen LogP) is 1.34. The number of rotatable bonds is 5. The number of methoxy groups -OCH3 is 1. The molecule has 0 saturated heterocycles. The van der Waals surface area contributed by atoms with Crippen LogP contribution in [0.3, 0.4) is 0 Å². The molecule has 0 spiro atoms. The quantitative estimate of drug-likeness (QED) is 0.861. The van der Waals surface area contributed by atoms with E-state index in [0.717, 1.165) is 0 Å². The lowest BCUT2D eigenvalue weighted by Crippen LogP contribution is -2.43. The smallest absolute Gasteiger partial charge is 0.328 e. The minimum absolute atomic E-state index is 0.0654. The zero-order chi connectivity index (χ0) is 12.1. The van der Waals surface area contributed by atoms with E-state index in [-0.39, 0.29) is 6.61 Å². The molecule has 88 valence electrons. The van der Waals surface area contributed by atoms with Crippen LogP contribution in [0.25, 0.3) is 0 Å². The minimum atomic E-state index is -1.12. The third kappa shape index (κ3) is 3.29. The number of carbonyl (C=O) groups excluding carboxylic acids is 1. The van der Waals surface area contributed by atoms with Gasteiger partial charge in [-0.2, -0.15) is 0 Å². The second kappa shape index (κ2) is 5.97. The van der Waals surface area contributed by atoms with E-state index in [1.54, 1.807) is 11.4 Å². The normalized spacial score (nSPS) is 12.1. The highest BCUT2D eigenvalue weighted by atomic mass is 79.9. The Morgan fingerprint density at radius 2 is 2.38 bits per heavy atom. The lowest BCUT2D eigenvalue weighted by atomic mass is 10.3. The Labute approximate surface area is 105 Å². The summed E-state index contributed by atoms with van der Waals surface area (Å²) in [5.41, 5.74) is 0. The molecule has 0 aliphatic heterocycles. The number of halogens is 1. The van der Waals surface area contributed by atoms with Gasteiger partial charge in [-0.1, -0.05) is 0 Å². The molecule has 1 amide bonds. The summed E-state index contributed by atoms with van der Waals surface area (Å²) < 4.78 is 5.36. The fourth-order valence-corrected chi connectivity index (χ4v) is 2.48. The van der Waals surface area contributed by atoms with E-state index < -0.39 is 17.9 Å². The molecule has 2 N–H and O–H groups in total. The first-order chi connectivity index (χ1) is 7.56. The number of carboxylic acid groups (broad SMARTS) is 1. The Bertz CT molecular complexity index is 393. The zero-order valence-corrected chi connectivity index (χ0v) is 10.8. The van der Waals surface area contributed by atoms with Crippen molar-refractivity contribution in [3.63, 3.8) is 0 Å². The van der Waals surface area contributed by atoms with E-state index in [1.807, 2.05) is 0 Å². The molecule has 0 bridgehead atoms. The molecule has 0 radical (unpaired) electrons. The first kappa shape index (κ1) is 13.1. The third-order valence-electron chi connectivity index (χ3n) is 1.76. The summed E-state index contributed by atoms with van der Waals surface area (Å²) in [6.45, 7) is -0.0654. The number of hydrogen-bond acceptors (Lipinski definition) is 4. The molecular formula is C9H10BrNO4S. The fraction of sp³-hybridized carbons (Fsp3) is 0.333. The molecule has 1 aromatic rings. The number of carboxylic acids is 1. The van der Waals surface area contributed by atoms with Gasteiger partial charge in [0.05, 0.1) is 6.61 Å². The van der Waals surface area contributed by atoms with Gasteiger partial charge in [0.2, 0.25) is 0 Å². The van der Waals surface area contributed by atoms with Crippen molar-refractivity contribution in [1.82, 2.24) is 5.32 Å². The van der Waals surface area contributed by atoms with Gasteiger partial charge in [-0.25, -0.2) is 4.79 Å². The highest BCUT2D eigenvalue weighted by Gasteiger charge is 2.22. The van der Waals surface area contributed by atoms with E-state index in [2.05, 4.69) is 21.2 Å². The first-order valence-electron chi connectivity index (χ1n) is 4.32. The number of nitrogens with one attached hydrogen (secondary N) is 1. The molecule has 1 unspecified atom stereocenters. The van der Waals surface area contributed by atoms with Crippen LogP contribution in [0.2, 0.25) is 0 Å². The molecule has 7 heteroatoms. The molecule has 0 saturated carbocycles. The standard InChI is InChI=1S/C9H10BrNO4S/c1-15-4-6(9(13)14)11-8(12)7-5(10)2-3-16-7/h2-3,6H,4H2,1H3,(H,11,12)(H,13,14). The van der Waals surface area contributed by atoms with E-state index >= 15 is 0 Å². The minimum Gasteiger partial charge on any atom is -0.480 e. The van der Waals surface area contributed by atoms with Crippen LogP contribution < -0.4 is 5.32 Å². The number of hydrogen-bond donors (Lipinski definition) is 2. The van der Waals surface area contributed by atoms with Crippen LogP contribution in [-0.4, -0.2) is 36.7 Å². The van der Waals surface area contributed by atoms with Crippen LogP contribution in [-0.2, 0) is 9.53 Å². The predicted molar refractivity (Wildman–Crippen MR) is 62.8 cm³/mol. The Morgan fingerprint density at radius 3 is 2.81 bits per heavy atom. The molecule has 0 aromatic carbocycles. The number of thiophene rings is 1. The van der Waals surface area contributed by atoms with Gasteiger partial charge in [0.25, 0.3) is 5.91 Å². The van der Waals surface area contributed by atoms with Gasteiger partial charge >= 0.3 is 5.97 Å². The summed E-state index contributed by atoms with van der Waals surface area (Å²) in [5.74, 6) is -1.55. The molecular weight excluding hydrogens is 298 g/mol. The molecule has 0 fully saturated rings. The van der Waals surface area contributed by atoms with Crippen molar-refractivity contribution < 1.29 is 19.4 Å². The Morgan fingerprint density at radius 1 is 1.69 bits per heavy atom. The van der Waals surface area contributed by atoms with Crippen molar-refractivity contribution in [3.05, 3.63) is 20.8 Å². The van der Waals surface area contributed by atoms with Gasteiger partial charge in [0, 0.05) is 11.6 Å². The topological polar surface area (TPSA) is 75.6 Å². The van der Waals surface area contributed by atoms with E-state index in [0.29, 0.717) is 9.35 Å². The molecule has 1 aromatic heterocycles. The van der Waals surface area contributed by atoms with Crippen LogP contribution in [0.1, 0.15) is 9.67 Å². The van der Waals surface area contributed by atoms with Crippen molar-refractivity contribution in [3.8, 4) is 0 Å².